The number of aliphatic imine (C=N–C) groups is 1. The summed E-state index contributed by atoms with van der Waals surface area (Å²) in [5, 5.41) is 1.69. The molecule has 7 heteroatoms. The summed E-state index contributed by atoms with van der Waals surface area (Å²) in [5.74, 6) is -0.114. The first-order valence-electron chi connectivity index (χ1n) is 5.48. The first-order valence-corrected chi connectivity index (χ1v) is 7.84. The number of guanidine groups is 1. The largest absolute Gasteiger partial charge is 0.369 e. The lowest BCUT2D eigenvalue weighted by atomic mass is 10.2. The summed E-state index contributed by atoms with van der Waals surface area (Å²) in [6.07, 6.45) is 0. The summed E-state index contributed by atoms with van der Waals surface area (Å²) in [6, 6.07) is 12.6. The van der Waals surface area contributed by atoms with Crippen LogP contribution in [0.2, 0.25) is 0 Å². The van der Waals surface area contributed by atoms with E-state index in [1.54, 1.807) is 11.4 Å². The number of rotatable bonds is 4. The van der Waals surface area contributed by atoms with Gasteiger partial charge in [-0.3, -0.25) is 0 Å². The predicted molar refractivity (Wildman–Crippen MR) is 76.4 cm³/mol. The molecule has 1 aromatic carbocycles. The molecule has 2 aromatic rings. The van der Waals surface area contributed by atoms with E-state index in [0.717, 1.165) is 16.9 Å². The molecule has 0 saturated carbocycles. The Bertz CT molecular complexity index is 650. The van der Waals surface area contributed by atoms with Crippen LogP contribution >= 0.6 is 11.3 Å². The van der Waals surface area contributed by atoms with Crippen molar-refractivity contribution in [1.82, 2.24) is 4.72 Å². The third-order valence-corrected chi connectivity index (χ3v) is 5.03. The number of thiophene rings is 1. The summed E-state index contributed by atoms with van der Waals surface area (Å²) in [7, 11) is -3.61. The Morgan fingerprint density at radius 2 is 1.95 bits per heavy atom. The van der Waals surface area contributed by atoms with Crippen LogP contribution in [0.25, 0.3) is 0 Å². The van der Waals surface area contributed by atoms with E-state index >= 15 is 0 Å². The van der Waals surface area contributed by atoms with Gasteiger partial charge in [0.25, 0.3) is 10.0 Å². The van der Waals surface area contributed by atoms with Gasteiger partial charge >= 0.3 is 0 Å². The molecule has 0 radical (unpaired) electrons. The predicted octanol–water partition coefficient (Wildman–Crippen LogP) is 1.54. The van der Waals surface area contributed by atoms with Crippen molar-refractivity contribution in [3.63, 3.8) is 0 Å². The smallest absolute Gasteiger partial charge is 0.273 e. The molecule has 0 amide bonds. The standard InChI is InChI=1S/C12H13N3O2S2/c13-12(14-9-10-5-2-1-3-6-10)15-19(16,17)11-7-4-8-18-11/h1-8H,9H2,(H3,13,14,15). The lowest BCUT2D eigenvalue weighted by molar-refractivity contribution is 0.594. The highest BCUT2D eigenvalue weighted by atomic mass is 32.2. The Balaban J connectivity index is 2.03. The summed E-state index contributed by atoms with van der Waals surface area (Å²) < 4.78 is 26.2. The average Bonchev–Trinajstić information content (AvgIpc) is 2.92. The van der Waals surface area contributed by atoms with Gasteiger partial charge in [0.05, 0.1) is 6.54 Å². The van der Waals surface area contributed by atoms with Gasteiger partial charge in [-0.2, -0.15) is 0 Å². The van der Waals surface area contributed by atoms with Crippen molar-refractivity contribution in [3.05, 3.63) is 53.4 Å². The van der Waals surface area contributed by atoms with Gasteiger partial charge in [0, 0.05) is 0 Å². The zero-order valence-electron chi connectivity index (χ0n) is 9.98. The molecule has 2 rings (SSSR count). The molecule has 100 valence electrons. The second-order valence-corrected chi connectivity index (χ2v) is 6.58. The second kappa shape index (κ2) is 5.85. The van der Waals surface area contributed by atoms with Crippen LogP contribution in [-0.2, 0) is 16.6 Å². The topological polar surface area (TPSA) is 84.5 Å². The van der Waals surface area contributed by atoms with E-state index in [-0.39, 0.29) is 10.2 Å². The van der Waals surface area contributed by atoms with Crippen LogP contribution in [0.3, 0.4) is 0 Å². The number of hydrogen-bond donors (Lipinski definition) is 2. The van der Waals surface area contributed by atoms with Crippen molar-refractivity contribution in [1.29, 1.82) is 0 Å². The summed E-state index contributed by atoms with van der Waals surface area (Å²) in [6.45, 7) is 0.333. The third kappa shape index (κ3) is 3.80. The molecule has 0 fully saturated rings. The molecule has 1 heterocycles. The highest BCUT2D eigenvalue weighted by Crippen LogP contribution is 2.14. The highest BCUT2D eigenvalue weighted by molar-refractivity contribution is 7.92. The molecule has 1 aromatic heterocycles. The summed E-state index contributed by atoms with van der Waals surface area (Å²) in [4.78, 5) is 4.00. The number of nitrogens with one attached hydrogen (secondary N) is 1. The van der Waals surface area contributed by atoms with Crippen molar-refractivity contribution in [3.8, 4) is 0 Å². The summed E-state index contributed by atoms with van der Waals surface area (Å²) >= 11 is 1.13. The van der Waals surface area contributed by atoms with Crippen molar-refractivity contribution < 1.29 is 8.42 Å². The molecule has 0 spiro atoms. The Kier molecular flexibility index (Phi) is 4.18. The van der Waals surface area contributed by atoms with Crippen LogP contribution in [0.15, 0.2) is 57.0 Å². The minimum atomic E-state index is -3.61. The van der Waals surface area contributed by atoms with Crippen molar-refractivity contribution >= 4 is 27.3 Å². The van der Waals surface area contributed by atoms with Gasteiger partial charge in [-0.15, -0.1) is 11.3 Å². The van der Waals surface area contributed by atoms with Crippen molar-refractivity contribution in [2.45, 2.75) is 10.8 Å². The van der Waals surface area contributed by atoms with Crippen molar-refractivity contribution in [2.24, 2.45) is 10.7 Å². The molecule has 0 aliphatic carbocycles. The first-order chi connectivity index (χ1) is 9.08. The number of hydrogen-bond acceptors (Lipinski definition) is 4. The zero-order chi connectivity index (χ0) is 13.7. The molecule has 5 nitrogen and oxygen atoms in total. The van der Waals surface area contributed by atoms with E-state index in [9.17, 15) is 8.42 Å². The molecule has 0 unspecified atom stereocenters. The minimum absolute atomic E-state index is 0.114. The molecule has 0 atom stereocenters. The molecular weight excluding hydrogens is 282 g/mol. The normalized spacial score (nSPS) is 12.3. The quantitative estimate of drug-likeness (QED) is 0.663. The highest BCUT2D eigenvalue weighted by Gasteiger charge is 2.15. The number of nitrogens with zero attached hydrogens (tertiary/aromatic N) is 1. The molecule has 0 aliphatic heterocycles. The van der Waals surface area contributed by atoms with Gasteiger partial charge in [-0.05, 0) is 17.0 Å². The monoisotopic (exact) mass is 295 g/mol. The molecule has 0 aliphatic rings. The van der Waals surface area contributed by atoms with Crippen LogP contribution in [0.5, 0.6) is 0 Å². The van der Waals surface area contributed by atoms with Crippen molar-refractivity contribution in [2.75, 3.05) is 0 Å². The van der Waals surface area contributed by atoms with E-state index < -0.39 is 10.0 Å². The van der Waals surface area contributed by atoms with Crippen LogP contribution in [0, 0.1) is 0 Å². The second-order valence-electron chi connectivity index (χ2n) is 3.72. The fourth-order valence-corrected chi connectivity index (χ4v) is 3.34. The summed E-state index contributed by atoms with van der Waals surface area (Å²) in [5.41, 5.74) is 6.54. The molecular formula is C12H13N3O2S2. The number of sulfonamides is 1. The molecule has 19 heavy (non-hydrogen) atoms. The fourth-order valence-electron chi connectivity index (χ4n) is 1.40. The number of nitrogens with two attached hydrogens (primary N) is 1. The van der Waals surface area contributed by atoms with Crippen LogP contribution in [0.1, 0.15) is 5.56 Å². The average molecular weight is 295 g/mol. The van der Waals surface area contributed by atoms with Crippen LogP contribution in [0.4, 0.5) is 0 Å². The van der Waals surface area contributed by atoms with E-state index in [0.29, 0.717) is 6.54 Å². The van der Waals surface area contributed by atoms with Gasteiger partial charge < -0.3 is 5.73 Å². The van der Waals surface area contributed by atoms with Crippen LogP contribution < -0.4 is 10.5 Å². The van der Waals surface area contributed by atoms with Gasteiger partial charge in [0.1, 0.15) is 4.21 Å². The Morgan fingerprint density at radius 3 is 2.58 bits per heavy atom. The molecule has 3 N–H and O–H groups in total. The maximum absolute atomic E-state index is 11.9. The molecule has 0 saturated heterocycles. The SMILES string of the molecule is NC(=NCc1ccccc1)NS(=O)(=O)c1cccs1. The van der Waals surface area contributed by atoms with Gasteiger partial charge in [-0.1, -0.05) is 36.4 Å². The minimum Gasteiger partial charge on any atom is -0.369 e. The Hall–Kier alpha value is -1.86. The van der Waals surface area contributed by atoms with Crippen LogP contribution in [-0.4, -0.2) is 14.4 Å². The number of benzene rings is 1. The third-order valence-electron chi connectivity index (χ3n) is 2.27. The lowest BCUT2D eigenvalue weighted by Gasteiger charge is -2.05. The van der Waals surface area contributed by atoms with Gasteiger partial charge in [-0.25, -0.2) is 18.1 Å². The maximum atomic E-state index is 11.9. The fraction of sp³-hybridized carbons (Fsp3) is 0.0833. The first kappa shape index (κ1) is 13.6. The zero-order valence-corrected chi connectivity index (χ0v) is 11.6. The van der Waals surface area contributed by atoms with Gasteiger partial charge in [0.2, 0.25) is 5.96 Å². The van der Waals surface area contributed by atoms with E-state index in [1.165, 1.54) is 6.07 Å². The lowest BCUT2D eigenvalue weighted by Crippen LogP contribution is -2.36. The van der Waals surface area contributed by atoms with E-state index in [1.807, 2.05) is 30.3 Å². The Morgan fingerprint density at radius 1 is 1.21 bits per heavy atom. The van der Waals surface area contributed by atoms with Gasteiger partial charge in [0.15, 0.2) is 0 Å². The molecule has 0 bridgehead atoms. The van der Waals surface area contributed by atoms with E-state index in [2.05, 4.69) is 9.71 Å². The Labute approximate surface area is 115 Å². The van der Waals surface area contributed by atoms with E-state index in [4.69, 9.17) is 5.73 Å². The maximum Gasteiger partial charge on any atom is 0.273 e.